The maximum Gasteiger partial charge on any atom is 0.405 e. The summed E-state index contributed by atoms with van der Waals surface area (Å²) >= 11 is 0. The molecule has 104 valence electrons. The molecule has 19 heavy (non-hydrogen) atoms. The highest BCUT2D eigenvalue weighted by atomic mass is 19.4. The van der Waals surface area contributed by atoms with Crippen LogP contribution >= 0.6 is 0 Å². The van der Waals surface area contributed by atoms with Crippen molar-refractivity contribution in [3.63, 3.8) is 0 Å². The first-order valence-corrected chi connectivity index (χ1v) is 5.38. The Kier molecular flexibility index (Phi) is 4.91. The number of ether oxygens (including phenoxy) is 1. The zero-order chi connectivity index (χ0) is 14.5. The van der Waals surface area contributed by atoms with Crippen LogP contribution in [0.1, 0.15) is 17.3 Å². The number of carbonyl (C=O) groups is 2. The van der Waals surface area contributed by atoms with Crippen LogP contribution in [0.2, 0.25) is 0 Å². The molecule has 1 atom stereocenters. The molecule has 0 fully saturated rings. The Morgan fingerprint density at radius 1 is 1.47 bits per heavy atom. The third-order valence-electron chi connectivity index (χ3n) is 2.14. The first-order valence-electron chi connectivity index (χ1n) is 5.38. The third-order valence-corrected chi connectivity index (χ3v) is 2.14. The molecule has 1 rings (SSSR count). The zero-order valence-electron chi connectivity index (χ0n) is 10.0. The molecule has 0 heterocycles. The monoisotopic (exact) mass is 275 g/mol. The summed E-state index contributed by atoms with van der Waals surface area (Å²) in [6, 6.07) is 5.97. The molecule has 0 aliphatic rings. The fourth-order valence-corrected chi connectivity index (χ4v) is 1.25. The fourth-order valence-electron chi connectivity index (χ4n) is 1.25. The second-order valence-corrected chi connectivity index (χ2v) is 3.78. The molecule has 0 aliphatic carbocycles. The summed E-state index contributed by atoms with van der Waals surface area (Å²) in [6.07, 6.45) is -4.96. The van der Waals surface area contributed by atoms with Crippen molar-refractivity contribution < 1.29 is 27.5 Å². The molecule has 0 bridgehead atoms. The molecule has 1 unspecified atom stereocenters. The maximum atomic E-state index is 11.9. The molecule has 7 heteroatoms. The first kappa shape index (κ1) is 15.0. The van der Waals surface area contributed by atoms with Crippen LogP contribution in [-0.2, 0) is 4.79 Å². The van der Waals surface area contributed by atoms with Gasteiger partial charge in [-0.1, -0.05) is 12.1 Å². The molecule has 1 aromatic carbocycles. The van der Waals surface area contributed by atoms with Gasteiger partial charge in [-0.2, -0.15) is 13.2 Å². The van der Waals surface area contributed by atoms with Gasteiger partial charge in [0.1, 0.15) is 18.6 Å². The third kappa shape index (κ3) is 5.41. The molecule has 1 amide bonds. The molecule has 0 saturated carbocycles. The topological polar surface area (TPSA) is 55.4 Å². The van der Waals surface area contributed by atoms with E-state index in [9.17, 15) is 22.8 Å². The van der Waals surface area contributed by atoms with Gasteiger partial charge in [0, 0.05) is 5.56 Å². The summed E-state index contributed by atoms with van der Waals surface area (Å²) in [5.41, 5.74) is 0.348. The van der Waals surface area contributed by atoms with Crippen molar-refractivity contribution in [2.75, 3.05) is 6.54 Å². The van der Waals surface area contributed by atoms with E-state index in [-0.39, 0.29) is 5.75 Å². The molecule has 1 aromatic rings. The Morgan fingerprint density at radius 3 is 2.74 bits per heavy atom. The number of benzene rings is 1. The van der Waals surface area contributed by atoms with E-state index < -0.39 is 24.7 Å². The van der Waals surface area contributed by atoms with Crippen molar-refractivity contribution in [3.8, 4) is 5.75 Å². The average Bonchev–Trinajstić information content (AvgIpc) is 2.35. The smallest absolute Gasteiger partial charge is 0.405 e. The highest BCUT2D eigenvalue weighted by molar-refractivity contribution is 5.81. The van der Waals surface area contributed by atoms with Gasteiger partial charge in [0.05, 0.1) is 0 Å². The van der Waals surface area contributed by atoms with Gasteiger partial charge in [-0.15, -0.1) is 0 Å². The van der Waals surface area contributed by atoms with E-state index in [1.807, 2.05) is 0 Å². The standard InChI is InChI=1S/C12H12F3NO3/c1-8(11(18)16-7-12(13,14)15)19-10-4-2-3-9(5-10)6-17/h2-6,8H,7H2,1H3,(H,16,18). The Bertz CT molecular complexity index is 460. The van der Waals surface area contributed by atoms with Crippen molar-refractivity contribution >= 4 is 12.2 Å². The first-order chi connectivity index (χ1) is 8.81. The van der Waals surface area contributed by atoms with E-state index in [1.54, 1.807) is 11.4 Å². The summed E-state index contributed by atoms with van der Waals surface area (Å²) in [4.78, 5) is 21.9. The van der Waals surface area contributed by atoms with Crippen LogP contribution in [0.25, 0.3) is 0 Å². The largest absolute Gasteiger partial charge is 0.481 e. The van der Waals surface area contributed by atoms with E-state index in [2.05, 4.69) is 0 Å². The predicted octanol–water partition coefficient (Wildman–Crippen LogP) is 1.94. The quantitative estimate of drug-likeness (QED) is 0.835. The van der Waals surface area contributed by atoms with Crippen LogP contribution in [0.5, 0.6) is 5.75 Å². The molecule has 1 N–H and O–H groups in total. The highest BCUT2D eigenvalue weighted by Crippen LogP contribution is 2.15. The number of alkyl halides is 3. The number of hydrogen-bond acceptors (Lipinski definition) is 3. The molecule has 4 nitrogen and oxygen atoms in total. The van der Waals surface area contributed by atoms with E-state index in [0.717, 1.165) is 0 Å². The van der Waals surface area contributed by atoms with Crippen LogP contribution in [0.15, 0.2) is 24.3 Å². The Hall–Kier alpha value is -2.05. The lowest BCUT2D eigenvalue weighted by atomic mass is 10.2. The number of hydrogen-bond donors (Lipinski definition) is 1. The lowest BCUT2D eigenvalue weighted by molar-refractivity contribution is -0.142. The highest BCUT2D eigenvalue weighted by Gasteiger charge is 2.29. The van der Waals surface area contributed by atoms with E-state index >= 15 is 0 Å². The number of rotatable bonds is 5. The number of aldehydes is 1. The van der Waals surface area contributed by atoms with Gasteiger partial charge in [0.2, 0.25) is 0 Å². The Labute approximate surface area is 107 Å². The van der Waals surface area contributed by atoms with Crippen molar-refractivity contribution in [1.29, 1.82) is 0 Å². The SMILES string of the molecule is CC(Oc1cccc(C=O)c1)C(=O)NCC(F)(F)F. The van der Waals surface area contributed by atoms with Gasteiger partial charge in [0.25, 0.3) is 5.91 Å². The minimum atomic E-state index is -4.47. The Morgan fingerprint density at radius 2 is 2.16 bits per heavy atom. The Balaban J connectivity index is 2.56. The van der Waals surface area contributed by atoms with Crippen LogP contribution in [0.3, 0.4) is 0 Å². The van der Waals surface area contributed by atoms with Crippen molar-refractivity contribution in [2.45, 2.75) is 19.2 Å². The van der Waals surface area contributed by atoms with E-state index in [0.29, 0.717) is 11.8 Å². The molecule has 0 radical (unpaired) electrons. The van der Waals surface area contributed by atoms with Crippen molar-refractivity contribution in [2.24, 2.45) is 0 Å². The second-order valence-electron chi connectivity index (χ2n) is 3.78. The van der Waals surface area contributed by atoms with Gasteiger partial charge in [-0.3, -0.25) is 9.59 Å². The molecule has 0 aromatic heterocycles. The lowest BCUT2D eigenvalue weighted by Gasteiger charge is -2.15. The summed E-state index contributed by atoms with van der Waals surface area (Å²) in [7, 11) is 0. The van der Waals surface area contributed by atoms with Crippen LogP contribution in [-0.4, -0.2) is 31.0 Å². The number of carbonyl (C=O) groups excluding carboxylic acids is 2. The molecule has 0 saturated heterocycles. The maximum absolute atomic E-state index is 11.9. The summed E-state index contributed by atoms with van der Waals surface area (Å²) in [6.45, 7) is -0.0901. The number of amides is 1. The minimum Gasteiger partial charge on any atom is -0.481 e. The van der Waals surface area contributed by atoms with Crippen LogP contribution in [0.4, 0.5) is 13.2 Å². The van der Waals surface area contributed by atoms with Gasteiger partial charge >= 0.3 is 6.18 Å². The van der Waals surface area contributed by atoms with Crippen molar-refractivity contribution in [3.05, 3.63) is 29.8 Å². The molecular weight excluding hydrogens is 263 g/mol. The number of nitrogens with one attached hydrogen (secondary N) is 1. The van der Waals surface area contributed by atoms with Gasteiger partial charge < -0.3 is 10.1 Å². The summed E-state index contributed by atoms with van der Waals surface area (Å²) in [5, 5.41) is 1.71. The lowest BCUT2D eigenvalue weighted by Crippen LogP contribution is -2.41. The second kappa shape index (κ2) is 6.21. The minimum absolute atomic E-state index is 0.235. The molecule has 0 spiro atoms. The summed E-state index contributed by atoms with van der Waals surface area (Å²) < 4.78 is 40.9. The van der Waals surface area contributed by atoms with Crippen LogP contribution < -0.4 is 10.1 Å². The van der Waals surface area contributed by atoms with Gasteiger partial charge in [-0.05, 0) is 19.1 Å². The van der Waals surface area contributed by atoms with Gasteiger partial charge in [-0.25, -0.2) is 0 Å². The van der Waals surface area contributed by atoms with Gasteiger partial charge in [0.15, 0.2) is 6.10 Å². The zero-order valence-corrected chi connectivity index (χ0v) is 10.0. The fraction of sp³-hybridized carbons (Fsp3) is 0.333. The van der Waals surface area contributed by atoms with Crippen LogP contribution in [0, 0.1) is 0 Å². The van der Waals surface area contributed by atoms with E-state index in [1.165, 1.54) is 25.1 Å². The predicted molar refractivity (Wildman–Crippen MR) is 61.0 cm³/mol. The van der Waals surface area contributed by atoms with Crippen molar-refractivity contribution in [1.82, 2.24) is 5.32 Å². The van der Waals surface area contributed by atoms with E-state index in [4.69, 9.17) is 4.74 Å². The summed E-state index contributed by atoms with van der Waals surface area (Å²) in [5.74, 6) is -0.645. The number of halogens is 3. The molecule has 0 aliphatic heterocycles. The normalized spacial score (nSPS) is 12.6. The molecular formula is C12H12F3NO3. The average molecular weight is 275 g/mol.